The fraction of sp³-hybridized carbons (Fsp3) is 0.728. The van der Waals surface area contributed by atoms with Gasteiger partial charge in [-0.3, -0.25) is 37.3 Å². The third kappa shape index (κ3) is 72.1. The van der Waals surface area contributed by atoms with Crippen molar-refractivity contribution in [2.75, 3.05) is 39.6 Å². The largest absolute Gasteiger partial charge is 0.472 e. The van der Waals surface area contributed by atoms with Crippen LogP contribution in [-0.2, 0) is 65.4 Å². The quantitative estimate of drug-likeness (QED) is 0.0169. The van der Waals surface area contributed by atoms with Crippen LogP contribution in [0.3, 0.4) is 0 Å². The summed E-state index contributed by atoms with van der Waals surface area (Å²) in [5.74, 6) is -2.22. The van der Waals surface area contributed by atoms with Crippen molar-refractivity contribution in [3.05, 3.63) is 109 Å². The molecule has 0 aliphatic rings. The predicted molar refractivity (Wildman–Crippen MR) is 408 cm³/mol. The lowest BCUT2D eigenvalue weighted by atomic mass is 10.1. The van der Waals surface area contributed by atoms with Crippen LogP contribution in [0.5, 0.6) is 0 Å². The van der Waals surface area contributed by atoms with Gasteiger partial charge in [-0.1, -0.05) is 259 Å². The Bertz CT molecular complexity index is 2320. The van der Waals surface area contributed by atoms with Gasteiger partial charge in [0.1, 0.15) is 19.3 Å². The molecule has 0 aromatic heterocycles. The molecule has 0 spiro atoms. The number of carbonyl (C=O) groups excluding carboxylic acids is 4. The molecular weight excluding hydrogens is 1310 g/mol. The van der Waals surface area contributed by atoms with E-state index in [1.54, 1.807) is 0 Å². The number of allylic oxidation sites excluding steroid dienone is 18. The highest BCUT2D eigenvalue weighted by molar-refractivity contribution is 7.47. The lowest BCUT2D eigenvalue weighted by molar-refractivity contribution is -0.161. The zero-order chi connectivity index (χ0) is 73.2. The minimum Gasteiger partial charge on any atom is -0.462 e. The molecule has 19 heteroatoms. The highest BCUT2D eigenvalue weighted by Crippen LogP contribution is 2.45. The van der Waals surface area contributed by atoms with E-state index in [0.717, 1.165) is 199 Å². The third-order valence-corrected chi connectivity index (χ3v) is 18.1. The Hall–Kier alpha value is -4.28. The summed E-state index contributed by atoms with van der Waals surface area (Å²) < 4.78 is 68.5. The smallest absolute Gasteiger partial charge is 0.462 e. The van der Waals surface area contributed by atoms with Gasteiger partial charge in [0.15, 0.2) is 12.2 Å². The van der Waals surface area contributed by atoms with E-state index in [2.05, 4.69) is 137 Å². The maximum absolute atomic E-state index is 13.1. The molecule has 5 atom stereocenters. The monoisotopic (exact) mass is 1450 g/mol. The maximum atomic E-state index is 13.1. The molecule has 100 heavy (non-hydrogen) atoms. The van der Waals surface area contributed by atoms with Crippen molar-refractivity contribution in [1.82, 2.24) is 0 Å². The molecule has 0 radical (unpaired) electrons. The summed E-state index contributed by atoms with van der Waals surface area (Å²) in [4.78, 5) is 72.9. The van der Waals surface area contributed by atoms with Gasteiger partial charge in [0, 0.05) is 25.7 Å². The van der Waals surface area contributed by atoms with Crippen molar-refractivity contribution in [1.29, 1.82) is 0 Å². The summed E-state index contributed by atoms with van der Waals surface area (Å²) in [7, 11) is -9.96. The van der Waals surface area contributed by atoms with Crippen molar-refractivity contribution >= 4 is 39.5 Å². The van der Waals surface area contributed by atoms with Crippen molar-refractivity contribution < 1.29 is 80.2 Å². The van der Waals surface area contributed by atoms with Crippen LogP contribution in [0.15, 0.2) is 109 Å². The molecule has 576 valence electrons. The molecule has 0 saturated heterocycles. The number of aliphatic hydroxyl groups is 1. The molecule has 3 N–H and O–H groups in total. The number of rotatable bonds is 73. The summed E-state index contributed by atoms with van der Waals surface area (Å²) in [6.45, 7) is 4.61. The van der Waals surface area contributed by atoms with Gasteiger partial charge < -0.3 is 33.8 Å². The minimum absolute atomic E-state index is 0.0735. The number of phosphoric ester groups is 2. The molecule has 0 aromatic rings. The van der Waals surface area contributed by atoms with Crippen molar-refractivity contribution in [2.24, 2.45) is 0 Å². The van der Waals surface area contributed by atoms with E-state index in [4.69, 9.17) is 37.0 Å². The number of carbonyl (C=O) groups is 4. The molecule has 0 aliphatic heterocycles. The molecule has 0 saturated carbocycles. The predicted octanol–water partition coefficient (Wildman–Crippen LogP) is 22.6. The Kier molecular flexibility index (Phi) is 69.9. The number of hydrogen-bond donors (Lipinski definition) is 3. The number of unbranched alkanes of at least 4 members (excludes halogenated alkanes) is 29. The molecule has 5 unspecified atom stereocenters. The Morgan fingerprint density at radius 1 is 0.290 bits per heavy atom. The average molecular weight is 1450 g/mol. The van der Waals surface area contributed by atoms with Crippen LogP contribution >= 0.6 is 15.6 Å². The Labute approximate surface area is 607 Å². The zero-order valence-electron chi connectivity index (χ0n) is 62.8. The van der Waals surface area contributed by atoms with Crippen molar-refractivity contribution in [3.63, 3.8) is 0 Å². The fourth-order valence-corrected chi connectivity index (χ4v) is 11.8. The molecule has 17 nitrogen and oxygen atoms in total. The van der Waals surface area contributed by atoms with Crippen LogP contribution in [-0.4, -0.2) is 96.7 Å². The van der Waals surface area contributed by atoms with Gasteiger partial charge >= 0.3 is 39.5 Å². The Morgan fingerprint density at radius 3 is 0.870 bits per heavy atom. The molecule has 0 aliphatic carbocycles. The second kappa shape index (κ2) is 73.0. The van der Waals surface area contributed by atoms with E-state index in [1.165, 1.54) is 44.9 Å². The Balaban J connectivity index is 5.35. The Morgan fingerprint density at radius 2 is 0.540 bits per heavy atom. The first-order valence-electron chi connectivity index (χ1n) is 39.1. The van der Waals surface area contributed by atoms with E-state index >= 15 is 0 Å². The molecule has 0 rings (SSSR count). The topological polar surface area (TPSA) is 237 Å². The standard InChI is InChI=1S/C81H140O17P2/c1-5-9-13-17-21-25-29-33-35-36-37-38-40-44-46-50-54-58-62-66-79(84)92-72-77(98-81(86)68-64-60-56-52-48-42-32-28-24-20-16-12-8-4)74-96-100(89,90)94-70-75(82)69-93-99(87,88)95-73-76(97-80(85)67-63-59-55-51-47-41-31-27-23-19-15-11-7-3)71-91-78(83)65-61-57-53-49-45-43-39-34-30-26-22-18-14-10-6-2/h10,14-15,19,21-22,25-28,31-35,37-39,75-77,82H,5-9,11-13,16-18,20,23-24,29-30,36,40-74H2,1-4H3,(H,87,88)(H,89,90)/b14-10-,19-15-,25-21-,26-22-,31-27-,32-28-,35-33-,38-37-,39-34-. The third-order valence-electron chi connectivity index (χ3n) is 16.2. The van der Waals surface area contributed by atoms with Gasteiger partial charge in [-0.25, -0.2) is 9.13 Å². The van der Waals surface area contributed by atoms with Crippen LogP contribution in [0.1, 0.15) is 323 Å². The van der Waals surface area contributed by atoms with E-state index in [1.807, 2.05) is 0 Å². The number of hydrogen-bond acceptors (Lipinski definition) is 15. The summed E-state index contributed by atoms with van der Waals surface area (Å²) in [5, 5.41) is 10.6. The molecule has 0 bridgehead atoms. The highest BCUT2D eigenvalue weighted by atomic mass is 31.2. The second-order valence-electron chi connectivity index (χ2n) is 25.9. The first-order chi connectivity index (χ1) is 48.7. The number of phosphoric acid groups is 2. The lowest BCUT2D eigenvalue weighted by Gasteiger charge is -2.21. The van der Waals surface area contributed by atoms with Gasteiger partial charge in [0.25, 0.3) is 0 Å². The minimum atomic E-state index is -4.98. The summed E-state index contributed by atoms with van der Waals surface area (Å²) in [6, 6.07) is 0. The fourth-order valence-electron chi connectivity index (χ4n) is 10.2. The van der Waals surface area contributed by atoms with Crippen molar-refractivity contribution in [3.8, 4) is 0 Å². The SMILES string of the molecule is CC/C=C\C/C=C\C/C=C\CCCCCCCC(=O)OCC(COP(=O)(O)OCC(O)COP(=O)(O)OCC(COC(=O)CCCCCCCC/C=C\C/C=C\C/C=C\CCCCC)OC(=O)CCCCCCC/C=C\CCCCCC)OC(=O)CCCCCCC/C=C\C/C=C\CCC. The first kappa shape index (κ1) is 95.7. The molecule has 0 aromatic carbocycles. The second-order valence-corrected chi connectivity index (χ2v) is 28.8. The molecule has 0 amide bonds. The first-order valence-corrected chi connectivity index (χ1v) is 42.1. The van der Waals surface area contributed by atoms with Gasteiger partial charge in [-0.15, -0.1) is 0 Å². The average Bonchev–Trinajstić information content (AvgIpc) is 0.936. The van der Waals surface area contributed by atoms with Gasteiger partial charge in [-0.2, -0.15) is 0 Å². The van der Waals surface area contributed by atoms with E-state index in [0.29, 0.717) is 25.7 Å². The summed E-state index contributed by atoms with van der Waals surface area (Å²) in [5.41, 5.74) is 0. The molecule has 0 fully saturated rings. The van der Waals surface area contributed by atoms with Crippen molar-refractivity contribution in [2.45, 2.75) is 341 Å². The van der Waals surface area contributed by atoms with Crippen LogP contribution < -0.4 is 0 Å². The van der Waals surface area contributed by atoms with Crippen LogP contribution in [0.4, 0.5) is 0 Å². The van der Waals surface area contributed by atoms with Crippen LogP contribution in [0.25, 0.3) is 0 Å². The number of ether oxygens (including phenoxy) is 4. The van der Waals surface area contributed by atoms with E-state index < -0.39 is 97.5 Å². The molecule has 0 heterocycles. The summed E-state index contributed by atoms with van der Waals surface area (Å²) in [6.07, 6.45) is 77.8. The van der Waals surface area contributed by atoms with Gasteiger partial charge in [0.05, 0.1) is 26.4 Å². The highest BCUT2D eigenvalue weighted by Gasteiger charge is 2.30. The summed E-state index contributed by atoms with van der Waals surface area (Å²) >= 11 is 0. The molecular formula is C81H140O17P2. The van der Waals surface area contributed by atoms with Gasteiger partial charge in [0.2, 0.25) is 0 Å². The van der Waals surface area contributed by atoms with Gasteiger partial charge in [-0.05, 0) is 148 Å². The van der Waals surface area contributed by atoms with E-state index in [-0.39, 0.29) is 25.7 Å². The number of esters is 4. The lowest BCUT2D eigenvalue weighted by Crippen LogP contribution is -2.30. The van der Waals surface area contributed by atoms with Crippen LogP contribution in [0, 0.1) is 0 Å². The normalized spacial score (nSPS) is 14.5. The number of aliphatic hydroxyl groups excluding tert-OH is 1. The van der Waals surface area contributed by atoms with Crippen LogP contribution in [0.2, 0.25) is 0 Å². The van der Waals surface area contributed by atoms with E-state index in [9.17, 15) is 43.2 Å². The zero-order valence-corrected chi connectivity index (χ0v) is 64.6. The maximum Gasteiger partial charge on any atom is 0.472 e.